The van der Waals surface area contributed by atoms with Crippen LogP contribution in [0.3, 0.4) is 0 Å². The number of benzene rings is 1. The number of piperidine rings is 1. The number of nitrogens with two attached hydrogens (primary N) is 1. The highest BCUT2D eigenvalue weighted by atomic mass is 32.2. The van der Waals surface area contributed by atoms with Crippen molar-refractivity contribution in [2.75, 3.05) is 0 Å². The summed E-state index contributed by atoms with van der Waals surface area (Å²) in [4.78, 5) is 0. The number of sulfonamides is 1. The molecule has 1 fully saturated rings. The van der Waals surface area contributed by atoms with Gasteiger partial charge in [0.25, 0.3) is 0 Å². The third-order valence-corrected chi connectivity index (χ3v) is 6.15. The van der Waals surface area contributed by atoms with Crippen molar-refractivity contribution in [1.29, 1.82) is 0 Å². The third kappa shape index (κ3) is 3.22. The minimum Gasteiger partial charge on any atom is -0.326 e. The summed E-state index contributed by atoms with van der Waals surface area (Å²) in [5.74, 6) is 0.0506. The van der Waals surface area contributed by atoms with Gasteiger partial charge in [-0.15, -0.1) is 0 Å². The topological polar surface area (TPSA) is 63.4 Å². The third-order valence-electron chi connectivity index (χ3n) is 4.11. The maximum absolute atomic E-state index is 12.7. The van der Waals surface area contributed by atoms with E-state index in [0.717, 1.165) is 30.4 Å². The first-order chi connectivity index (χ1) is 9.45. The molecule has 2 unspecified atom stereocenters. The maximum atomic E-state index is 12.7. The van der Waals surface area contributed by atoms with Crippen LogP contribution >= 0.6 is 0 Å². The molecule has 0 bridgehead atoms. The van der Waals surface area contributed by atoms with Crippen LogP contribution in [0.5, 0.6) is 0 Å². The Morgan fingerprint density at radius 2 is 1.70 bits per heavy atom. The Labute approximate surface area is 122 Å². The molecule has 20 heavy (non-hydrogen) atoms. The van der Waals surface area contributed by atoms with Gasteiger partial charge >= 0.3 is 0 Å². The standard InChI is InChI=1S/C15H24N2O2S/c1-12-6-5-7-13(2)17(12)20(18,19)11-15-9-4-3-8-14(15)10-16/h3-4,8-9,12-13H,5-7,10-11,16H2,1-2H3. The van der Waals surface area contributed by atoms with E-state index in [1.165, 1.54) is 0 Å². The first-order valence-electron chi connectivity index (χ1n) is 7.23. The summed E-state index contributed by atoms with van der Waals surface area (Å²) in [7, 11) is -3.29. The molecule has 112 valence electrons. The van der Waals surface area contributed by atoms with Gasteiger partial charge < -0.3 is 5.73 Å². The van der Waals surface area contributed by atoms with Crippen LogP contribution in [0.4, 0.5) is 0 Å². The highest BCUT2D eigenvalue weighted by molar-refractivity contribution is 7.88. The monoisotopic (exact) mass is 296 g/mol. The van der Waals surface area contributed by atoms with Crippen molar-refractivity contribution in [2.24, 2.45) is 5.73 Å². The molecule has 0 amide bonds. The van der Waals surface area contributed by atoms with Crippen LogP contribution in [0.15, 0.2) is 24.3 Å². The zero-order valence-corrected chi connectivity index (χ0v) is 13.1. The highest BCUT2D eigenvalue weighted by Gasteiger charge is 2.34. The number of hydrogen-bond donors (Lipinski definition) is 1. The average molecular weight is 296 g/mol. The second-order valence-corrected chi connectivity index (χ2v) is 7.56. The summed E-state index contributed by atoms with van der Waals surface area (Å²) in [5, 5.41) is 0. The molecule has 1 aliphatic rings. The fourth-order valence-corrected chi connectivity index (χ4v) is 5.25. The van der Waals surface area contributed by atoms with Crippen LogP contribution in [0.1, 0.15) is 44.2 Å². The van der Waals surface area contributed by atoms with Gasteiger partial charge in [-0.3, -0.25) is 0 Å². The summed E-state index contributed by atoms with van der Waals surface area (Å²) < 4.78 is 27.2. The normalized spacial score (nSPS) is 24.8. The van der Waals surface area contributed by atoms with Gasteiger partial charge in [-0.05, 0) is 37.8 Å². The average Bonchev–Trinajstić information content (AvgIpc) is 2.38. The quantitative estimate of drug-likeness (QED) is 0.927. The summed E-state index contributed by atoms with van der Waals surface area (Å²) in [6, 6.07) is 7.70. The minimum atomic E-state index is -3.29. The summed E-state index contributed by atoms with van der Waals surface area (Å²) in [6.45, 7) is 4.38. The Balaban J connectivity index is 2.26. The Kier molecular flexibility index (Phi) is 4.83. The number of rotatable bonds is 4. The lowest BCUT2D eigenvalue weighted by molar-refractivity contribution is 0.204. The number of nitrogens with zero attached hydrogens (tertiary/aromatic N) is 1. The van der Waals surface area contributed by atoms with Crippen LogP contribution < -0.4 is 5.73 Å². The van der Waals surface area contributed by atoms with Crippen molar-refractivity contribution in [3.63, 3.8) is 0 Å². The molecule has 1 aromatic rings. The van der Waals surface area contributed by atoms with E-state index in [0.29, 0.717) is 6.54 Å². The van der Waals surface area contributed by atoms with Crippen LogP contribution in [0.25, 0.3) is 0 Å². The van der Waals surface area contributed by atoms with E-state index in [1.54, 1.807) is 4.31 Å². The largest absolute Gasteiger partial charge is 0.326 e. The molecule has 0 aromatic heterocycles. The first-order valence-corrected chi connectivity index (χ1v) is 8.84. The van der Waals surface area contributed by atoms with Gasteiger partial charge in [0.2, 0.25) is 10.0 Å². The van der Waals surface area contributed by atoms with Crippen LogP contribution in [-0.4, -0.2) is 24.8 Å². The van der Waals surface area contributed by atoms with Crippen LogP contribution in [0.2, 0.25) is 0 Å². The Bertz CT molecular complexity index is 547. The SMILES string of the molecule is CC1CCCC(C)N1S(=O)(=O)Cc1ccccc1CN. The molecule has 4 nitrogen and oxygen atoms in total. The lowest BCUT2D eigenvalue weighted by Crippen LogP contribution is -2.47. The van der Waals surface area contributed by atoms with E-state index in [-0.39, 0.29) is 17.8 Å². The molecule has 0 spiro atoms. The molecule has 2 N–H and O–H groups in total. The molecular weight excluding hydrogens is 272 g/mol. The van der Waals surface area contributed by atoms with Gasteiger partial charge in [-0.2, -0.15) is 4.31 Å². The molecule has 0 aliphatic carbocycles. The minimum absolute atomic E-state index is 0.0506. The molecular formula is C15H24N2O2S. The Morgan fingerprint density at radius 1 is 1.15 bits per heavy atom. The fourth-order valence-electron chi connectivity index (χ4n) is 3.11. The van der Waals surface area contributed by atoms with Crippen molar-refractivity contribution < 1.29 is 8.42 Å². The van der Waals surface area contributed by atoms with E-state index in [1.807, 2.05) is 38.1 Å². The summed E-state index contributed by atoms with van der Waals surface area (Å²) in [6.07, 6.45) is 3.00. The van der Waals surface area contributed by atoms with E-state index < -0.39 is 10.0 Å². The number of hydrogen-bond acceptors (Lipinski definition) is 3. The molecule has 1 aromatic carbocycles. The van der Waals surface area contributed by atoms with Crippen molar-refractivity contribution in [1.82, 2.24) is 4.31 Å². The second kappa shape index (κ2) is 6.24. The van der Waals surface area contributed by atoms with Gasteiger partial charge in [-0.1, -0.05) is 30.7 Å². The predicted octanol–water partition coefficient (Wildman–Crippen LogP) is 2.24. The Morgan fingerprint density at radius 3 is 2.25 bits per heavy atom. The zero-order chi connectivity index (χ0) is 14.8. The zero-order valence-electron chi connectivity index (χ0n) is 12.2. The molecule has 2 rings (SSSR count). The van der Waals surface area contributed by atoms with Gasteiger partial charge in [0.15, 0.2) is 0 Å². The first kappa shape index (κ1) is 15.5. The van der Waals surface area contributed by atoms with Crippen molar-refractivity contribution >= 4 is 10.0 Å². The molecule has 1 saturated heterocycles. The van der Waals surface area contributed by atoms with Gasteiger partial charge in [0.05, 0.1) is 5.75 Å². The van der Waals surface area contributed by atoms with Crippen molar-refractivity contribution in [2.45, 2.75) is 57.5 Å². The Hall–Kier alpha value is -0.910. The predicted molar refractivity (Wildman–Crippen MR) is 81.6 cm³/mol. The molecule has 1 heterocycles. The molecule has 0 radical (unpaired) electrons. The van der Waals surface area contributed by atoms with E-state index in [2.05, 4.69) is 0 Å². The summed E-state index contributed by atoms with van der Waals surface area (Å²) >= 11 is 0. The van der Waals surface area contributed by atoms with E-state index in [4.69, 9.17) is 5.73 Å². The van der Waals surface area contributed by atoms with Gasteiger partial charge in [0, 0.05) is 18.6 Å². The van der Waals surface area contributed by atoms with Crippen LogP contribution in [-0.2, 0) is 22.3 Å². The second-order valence-electron chi connectivity index (χ2n) is 5.69. The van der Waals surface area contributed by atoms with Crippen molar-refractivity contribution in [3.05, 3.63) is 35.4 Å². The van der Waals surface area contributed by atoms with Crippen LogP contribution in [0, 0.1) is 0 Å². The highest BCUT2D eigenvalue weighted by Crippen LogP contribution is 2.27. The van der Waals surface area contributed by atoms with Gasteiger partial charge in [0.1, 0.15) is 0 Å². The summed E-state index contributed by atoms with van der Waals surface area (Å²) in [5.41, 5.74) is 7.42. The molecule has 2 atom stereocenters. The van der Waals surface area contributed by atoms with E-state index in [9.17, 15) is 8.42 Å². The molecule has 0 saturated carbocycles. The van der Waals surface area contributed by atoms with E-state index >= 15 is 0 Å². The molecule has 5 heteroatoms. The lowest BCUT2D eigenvalue weighted by atomic mass is 10.0. The van der Waals surface area contributed by atoms with Gasteiger partial charge in [-0.25, -0.2) is 8.42 Å². The van der Waals surface area contributed by atoms with Crippen molar-refractivity contribution in [3.8, 4) is 0 Å². The smallest absolute Gasteiger partial charge is 0.218 e. The molecule has 1 aliphatic heterocycles. The maximum Gasteiger partial charge on any atom is 0.218 e. The fraction of sp³-hybridized carbons (Fsp3) is 0.600. The lowest BCUT2D eigenvalue weighted by Gasteiger charge is -2.37.